The second kappa shape index (κ2) is 26.2. The van der Waals surface area contributed by atoms with Crippen molar-refractivity contribution >= 4 is 59.2 Å². The summed E-state index contributed by atoms with van der Waals surface area (Å²) in [6.45, 7) is 10.2. The molecular formula is C54H72N10O12. The first kappa shape index (κ1) is 59.2. The van der Waals surface area contributed by atoms with Gasteiger partial charge in [-0.15, -0.1) is 0 Å². The van der Waals surface area contributed by atoms with Gasteiger partial charge < -0.3 is 61.8 Å². The monoisotopic (exact) mass is 1050 g/mol. The first-order valence-electron chi connectivity index (χ1n) is 25.0. The number of esters is 2. The summed E-state index contributed by atoms with van der Waals surface area (Å²) < 4.78 is 10.0. The smallest absolute Gasteiger partial charge is 0.333 e. The fourth-order valence-electron chi connectivity index (χ4n) is 9.11. The highest BCUT2D eigenvalue weighted by Gasteiger charge is 2.48. The Kier molecular flexibility index (Phi) is 20.4. The maximum absolute atomic E-state index is 14.5. The predicted octanol–water partition coefficient (Wildman–Crippen LogP) is 0.647. The maximum Gasteiger partial charge on any atom is 0.333 e. The Morgan fingerprint density at radius 2 is 0.842 bits per heavy atom. The number of nitrogens with zero attached hydrogens (tertiary/aromatic N) is 2. The first-order chi connectivity index (χ1) is 35.9. The Balaban J connectivity index is 1.35. The van der Waals surface area contributed by atoms with Crippen molar-refractivity contribution in [1.82, 2.24) is 52.3 Å². The SMILES string of the molecule is CNCC(=O)NC(C(=O)N1CC(NC(=O)c2ccc(C(=O)NC3CC(C(=O)NC(C(=O)OC)c4ccccc4)N(C(=O)C(NC(=O)CNC)C(C)(C)C)C3)cc2)CC1C(=O)NC(C(=O)OC)c1ccccc1)C(C)(C)C. The van der Waals surface area contributed by atoms with Gasteiger partial charge >= 0.3 is 11.9 Å². The number of carbonyl (C=O) groups is 10. The van der Waals surface area contributed by atoms with Gasteiger partial charge in [-0.1, -0.05) is 102 Å². The zero-order valence-electron chi connectivity index (χ0n) is 44.7. The lowest BCUT2D eigenvalue weighted by Gasteiger charge is -2.35. The van der Waals surface area contributed by atoms with E-state index in [9.17, 15) is 47.9 Å². The van der Waals surface area contributed by atoms with Gasteiger partial charge in [-0.3, -0.25) is 38.4 Å². The van der Waals surface area contributed by atoms with E-state index in [1.165, 1.54) is 48.3 Å². The van der Waals surface area contributed by atoms with E-state index in [1.54, 1.807) is 116 Å². The van der Waals surface area contributed by atoms with Crippen molar-refractivity contribution in [2.24, 2.45) is 10.8 Å². The summed E-state index contributed by atoms with van der Waals surface area (Å²) in [5.74, 6) is -6.13. The minimum Gasteiger partial charge on any atom is -0.467 e. The second-order valence-electron chi connectivity index (χ2n) is 20.9. The highest BCUT2D eigenvalue weighted by atomic mass is 16.5. The zero-order chi connectivity index (χ0) is 56.1. The third kappa shape index (κ3) is 15.2. The molecule has 2 heterocycles. The molecule has 2 aliphatic rings. The first-order valence-corrected chi connectivity index (χ1v) is 25.0. The Labute approximate surface area is 442 Å². The molecule has 2 saturated heterocycles. The number of rotatable bonds is 20. The van der Waals surface area contributed by atoms with Crippen LogP contribution in [0.2, 0.25) is 0 Å². The van der Waals surface area contributed by atoms with E-state index in [4.69, 9.17) is 9.47 Å². The van der Waals surface area contributed by atoms with Gasteiger partial charge in [0.15, 0.2) is 12.1 Å². The van der Waals surface area contributed by atoms with Crippen molar-refractivity contribution in [2.45, 2.75) is 103 Å². The molecule has 3 aromatic carbocycles. The molecule has 0 saturated carbocycles. The Morgan fingerprint density at radius 1 is 0.513 bits per heavy atom. The summed E-state index contributed by atoms with van der Waals surface area (Å²) in [6.07, 6.45) is -0.135. The number of hydrogen-bond donors (Lipinski definition) is 8. The number of methoxy groups -OCH3 is 2. The fourth-order valence-corrected chi connectivity index (χ4v) is 9.11. The number of ether oxygens (including phenoxy) is 2. The molecule has 22 nitrogen and oxygen atoms in total. The molecule has 0 radical (unpaired) electrons. The summed E-state index contributed by atoms with van der Waals surface area (Å²) in [5, 5.41) is 22.3. The molecule has 0 bridgehead atoms. The van der Waals surface area contributed by atoms with Crippen LogP contribution in [0.25, 0.3) is 0 Å². The quantitative estimate of drug-likeness (QED) is 0.0722. The lowest BCUT2D eigenvalue weighted by Crippen LogP contribution is -2.58. The van der Waals surface area contributed by atoms with E-state index < -0.39 is 118 Å². The average Bonchev–Trinajstić information content (AvgIpc) is 4.02. The molecule has 410 valence electrons. The number of amides is 8. The molecule has 8 amide bonds. The van der Waals surface area contributed by atoms with Gasteiger partial charge in [0.2, 0.25) is 35.4 Å². The van der Waals surface area contributed by atoms with Crippen LogP contribution in [-0.2, 0) is 47.8 Å². The molecule has 2 fully saturated rings. The van der Waals surface area contributed by atoms with Gasteiger partial charge in [-0.25, -0.2) is 9.59 Å². The second-order valence-corrected chi connectivity index (χ2v) is 20.9. The molecular weight excluding hydrogens is 981 g/mol. The molecule has 8 atom stereocenters. The standard InChI is InChI=1S/C54H72N10O12/c1-53(2,3)43(59-39(65)27-55-7)49(71)63-29-35(25-37(63)47(69)61-41(51(73)75-9)31-17-13-11-14-18-31)57-45(67)33-21-23-34(24-22-33)46(68)58-36-26-38(48(70)62-42(52(74)76-10)32-19-15-12-16-20-32)64(30-36)50(72)44(54(4,5)6)60-40(66)28-56-8/h11-24,35-38,41-44,55-56H,25-30H2,1-10H3,(H,57,67)(H,58,68)(H,59,65)(H,60,66)(H,61,69)(H,62,70). The van der Waals surface area contributed by atoms with Gasteiger partial charge in [-0.2, -0.15) is 0 Å². The molecule has 2 aliphatic heterocycles. The van der Waals surface area contributed by atoms with E-state index in [0.717, 1.165) is 0 Å². The Bertz CT molecular complexity index is 2410. The van der Waals surface area contributed by atoms with Crippen molar-refractivity contribution < 1.29 is 57.4 Å². The van der Waals surface area contributed by atoms with Crippen LogP contribution in [0.3, 0.4) is 0 Å². The van der Waals surface area contributed by atoms with Crippen LogP contribution < -0.4 is 42.5 Å². The number of likely N-dealkylation sites (N-methyl/N-ethyl adjacent to an activating group) is 2. The van der Waals surface area contributed by atoms with Crippen LogP contribution >= 0.6 is 0 Å². The molecule has 8 N–H and O–H groups in total. The minimum absolute atomic E-state index is 0.0673. The maximum atomic E-state index is 14.5. The third-order valence-electron chi connectivity index (χ3n) is 13.1. The van der Waals surface area contributed by atoms with Crippen molar-refractivity contribution in [3.05, 3.63) is 107 Å². The van der Waals surface area contributed by atoms with Crippen LogP contribution in [0.1, 0.15) is 98.3 Å². The average molecular weight is 1050 g/mol. The van der Waals surface area contributed by atoms with Gasteiger partial charge in [0.1, 0.15) is 24.2 Å². The molecule has 5 rings (SSSR count). The topological polar surface area (TPSA) is 292 Å². The van der Waals surface area contributed by atoms with Crippen molar-refractivity contribution in [3.63, 3.8) is 0 Å². The lowest BCUT2D eigenvalue weighted by atomic mass is 9.85. The van der Waals surface area contributed by atoms with E-state index in [-0.39, 0.29) is 50.1 Å². The Morgan fingerprint density at radius 3 is 1.13 bits per heavy atom. The predicted molar refractivity (Wildman–Crippen MR) is 278 cm³/mol. The van der Waals surface area contributed by atoms with Gasteiger partial charge in [-0.05, 0) is 73.2 Å². The fraction of sp³-hybridized carbons (Fsp3) is 0.481. The highest BCUT2D eigenvalue weighted by molar-refractivity contribution is 6.00. The van der Waals surface area contributed by atoms with Crippen molar-refractivity contribution in [3.8, 4) is 0 Å². The van der Waals surface area contributed by atoms with Gasteiger partial charge in [0.25, 0.3) is 11.8 Å². The van der Waals surface area contributed by atoms with Crippen LogP contribution in [0.15, 0.2) is 84.9 Å². The van der Waals surface area contributed by atoms with Gasteiger partial charge in [0, 0.05) is 36.3 Å². The van der Waals surface area contributed by atoms with E-state index in [2.05, 4.69) is 42.5 Å². The largest absolute Gasteiger partial charge is 0.467 e. The number of benzene rings is 3. The molecule has 0 aliphatic carbocycles. The van der Waals surface area contributed by atoms with E-state index in [1.807, 2.05) is 0 Å². The van der Waals surface area contributed by atoms with E-state index >= 15 is 0 Å². The van der Waals surface area contributed by atoms with Crippen molar-refractivity contribution in [2.75, 3.05) is 54.5 Å². The number of carbonyl (C=O) groups excluding carboxylic acids is 10. The van der Waals surface area contributed by atoms with Crippen LogP contribution in [0.4, 0.5) is 0 Å². The summed E-state index contributed by atoms with van der Waals surface area (Å²) in [5.41, 5.74) is -0.509. The third-order valence-corrected chi connectivity index (χ3v) is 13.1. The van der Waals surface area contributed by atoms with Crippen LogP contribution in [0.5, 0.6) is 0 Å². The highest BCUT2D eigenvalue weighted by Crippen LogP contribution is 2.30. The number of nitrogens with one attached hydrogen (secondary N) is 8. The minimum atomic E-state index is -1.22. The Hall–Kier alpha value is -7.72. The molecule has 8 unspecified atom stereocenters. The summed E-state index contributed by atoms with van der Waals surface area (Å²) in [4.78, 5) is 139. The summed E-state index contributed by atoms with van der Waals surface area (Å²) in [6, 6.07) is 13.9. The van der Waals surface area contributed by atoms with Crippen molar-refractivity contribution in [1.29, 1.82) is 0 Å². The van der Waals surface area contributed by atoms with Gasteiger partial charge in [0.05, 0.1) is 27.3 Å². The molecule has 3 aromatic rings. The molecule has 0 aromatic heterocycles. The van der Waals surface area contributed by atoms with Crippen LogP contribution in [0, 0.1) is 10.8 Å². The van der Waals surface area contributed by atoms with E-state index in [0.29, 0.717) is 11.1 Å². The zero-order valence-corrected chi connectivity index (χ0v) is 44.7. The molecule has 0 spiro atoms. The summed E-state index contributed by atoms with van der Waals surface area (Å²) >= 11 is 0. The number of hydrogen-bond acceptors (Lipinski definition) is 14. The molecule has 76 heavy (non-hydrogen) atoms. The summed E-state index contributed by atoms with van der Waals surface area (Å²) in [7, 11) is 5.54. The normalized spacial score (nSPS) is 18.9. The molecule has 22 heteroatoms. The van der Waals surface area contributed by atoms with Crippen LogP contribution in [-0.4, -0.2) is 160 Å². The lowest BCUT2D eigenvalue weighted by molar-refractivity contribution is -0.148. The number of likely N-dealkylation sites (tertiary alicyclic amines) is 2.